The van der Waals surface area contributed by atoms with Gasteiger partial charge in [-0.15, -0.1) is 12.4 Å². The number of likely N-dealkylation sites (tertiary alicyclic amines) is 1. The number of carbonyl (C=O) groups excluding carboxylic acids is 1. The Hall–Kier alpha value is -0.280. The lowest BCUT2D eigenvalue weighted by Gasteiger charge is -2.24. The Morgan fingerprint density at radius 2 is 2.21 bits per heavy atom. The van der Waals surface area contributed by atoms with Crippen LogP contribution in [0.5, 0.6) is 0 Å². The van der Waals surface area contributed by atoms with Crippen molar-refractivity contribution < 1.29 is 4.79 Å². The second kappa shape index (κ2) is 4.99. The molecule has 1 N–H and O–H groups in total. The summed E-state index contributed by atoms with van der Waals surface area (Å²) in [5.74, 6) is 0.649. The molecule has 2 aliphatic heterocycles. The predicted octanol–water partition coefficient (Wildman–Crippen LogP) is 1.03. The van der Waals surface area contributed by atoms with Crippen LogP contribution in [0.1, 0.15) is 26.2 Å². The summed E-state index contributed by atoms with van der Waals surface area (Å²) < 4.78 is 0. The van der Waals surface area contributed by atoms with E-state index >= 15 is 0 Å². The smallest absolute Gasteiger partial charge is 0.227 e. The van der Waals surface area contributed by atoms with Gasteiger partial charge in [-0.3, -0.25) is 4.79 Å². The second-order valence-corrected chi connectivity index (χ2v) is 4.21. The van der Waals surface area contributed by atoms with Gasteiger partial charge in [-0.1, -0.05) is 0 Å². The van der Waals surface area contributed by atoms with Crippen molar-refractivity contribution in [2.75, 3.05) is 19.6 Å². The fourth-order valence-corrected chi connectivity index (χ4v) is 2.36. The molecule has 0 aromatic heterocycles. The van der Waals surface area contributed by atoms with Gasteiger partial charge in [-0.25, -0.2) is 0 Å². The first-order valence-electron chi connectivity index (χ1n) is 5.30. The highest BCUT2D eigenvalue weighted by Crippen LogP contribution is 2.21. The van der Waals surface area contributed by atoms with Gasteiger partial charge >= 0.3 is 0 Å². The van der Waals surface area contributed by atoms with Crippen LogP contribution in [0.3, 0.4) is 0 Å². The summed E-state index contributed by atoms with van der Waals surface area (Å²) in [6.45, 7) is 5.05. The molecule has 1 unspecified atom stereocenters. The van der Waals surface area contributed by atoms with Crippen molar-refractivity contribution in [3.8, 4) is 0 Å². The summed E-state index contributed by atoms with van der Waals surface area (Å²) >= 11 is 0. The molecule has 0 radical (unpaired) electrons. The number of hydrogen-bond acceptors (Lipinski definition) is 2. The van der Waals surface area contributed by atoms with E-state index in [-0.39, 0.29) is 18.3 Å². The molecule has 2 saturated heterocycles. The third-order valence-electron chi connectivity index (χ3n) is 3.25. The third kappa shape index (κ3) is 2.20. The summed E-state index contributed by atoms with van der Waals surface area (Å²) in [5, 5.41) is 3.24. The van der Waals surface area contributed by atoms with Gasteiger partial charge in [0.05, 0.1) is 5.92 Å². The first-order chi connectivity index (χ1) is 6.29. The van der Waals surface area contributed by atoms with Crippen molar-refractivity contribution in [1.29, 1.82) is 0 Å². The molecule has 0 spiro atoms. The minimum atomic E-state index is 0. The van der Waals surface area contributed by atoms with Crippen LogP contribution in [0.4, 0.5) is 0 Å². The SMILES string of the molecule is CC1CCCN1C(=O)[C@H]1CCNC1.Cl. The zero-order valence-electron chi connectivity index (χ0n) is 8.66. The first kappa shape index (κ1) is 11.8. The van der Waals surface area contributed by atoms with Crippen LogP contribution in [0.15, 0.2) is 0 Å². The summed E-state index contributed by atoms with van der Waals surface area (Å²) in [7, 11) is 0. The van der Waals surface area contributed by atoms with Gasteiger partial charge in [0.2, 0.25) is 5.91 Å². The van der Waals surface area contributed by atoms with E-state index in [0.717, 1.165) is 26.1 Å². The highest BCUT2D eigenvalue weighted by molar-refractivity contribution is 5.85. The van der Waals surface area contributed by atoms with E-state index in [4.69, 9.17) is 0 Å². The number of halogens is 1. The van der Waals surface area contributed by atoms with Gasteiger partial charge in [-0.05, 0) is 32.7 Å². The molecule has 1 amide bonds. The van der Waals surface area contributed by atoms with E-state index in [1.807, 2.05) is 0 Å². The normalized spacial score (nSPS) is 31.6. The summed E-state index contributed by atoms with van der Waals surface area (Å²) in [5.41, 5.74) is 0. The zero-order valence-corrected chi connectivity index (χ0v) is 9.48. The number of nitrogens with one attached hydrogen (secondary N) is 1. The number of hydrogen-bond donors (Lipinski definition) is 1. The standard InChI is InChI=1S/C10H18N2O.ClH/c1-8-3-2-6-12(8)10(13)9-4-5-11-7-9;/h8-9,11H,2-7H2,1H3;1H/t8?,9-;/m0./s1. The molecule has 82 valence electrons. The number of carbonyl (C=O) groups is 1. The average molecular weight is 219 g/mol. The molecule has 2 heterocycles. The van der Waals surface area contributed by atoms with Gasteiger partial charge in [0.1, 0.15) is 0 Å². The Balaban J connectivity index is 0.000000980. The van der Waals surface area contributed by atoms with Gasteiger partial charge < -0.3 is 10.2 Å². The average Bonchev–Trinajstić information content (AvgIpc) is 2.72. The predicted molar refractivity (Wildman–Crippen MR) is 58.6 cm³/mol. The molecular weight excluding hydrogens is 200 g/mol. The van der Waals surface area contributed by atoms with Crippen molar-refractivity contribution in [3.05, 3.63) is 0 Å². The monoisotopic (exact) mass is 218 g/mol. The van der Waals surface area contributed by atoms with Gasteiger partial charge in [0, 0.05) is 19.1 Å². The summed E-state index contributed by atoms with van der Waals surface area (Å²) in [6.07, 6.45) is 3.40. The minimum absolute atomic E-state index is 0. The molecule has 2 rings (SSSR count). The maximum absolute atomic E-state index is 11.9. The van der Waals surface area contributed by atoms with E-state index in [1.54, 1.807) is 0 Å². The van der Waals surface area contributed by atoms with Gasteiger partial charge in [-0.2, -0.15) is 0 Å². The quantitative estimate of drug-likeness (QED) is 0.713. The van der Waals surface area contributed by atoms with Crippen molar-refractivity contribution in [3.63, 3.8) is 0 Å². The Morgan fingerprint density at radius 3 is 2.71 bits per heavy atom. The van der Waals surface area contributed by atoms with E-state index < -0.39 is 0 Å². The number of rotatable bonds is 1. The molecule has 2 atom stereocenters. The van der Waals surface area contributed by atoms with Crippen molar-refractivity contribution in [2.24, 2.45) is 5.92 Å². The Labute approximate surface area is 91.6 Å². The lowest BCUT2D eigenvalue weighted by atomic mass is 10.1. The van der Waals surface area contributed by atoms with Crippen LogP contribution in [-0.2, 0) is 4.79 Å². The highest BCUT2D eigenvalue weighted by atomic mass is 35.5. The second-order valence-electron chi connectivity index (χ2n) is 4.21. The van der Waals surface area contributed by atoms with E-state index in [9.17, 15) is 4.79 Å². The van der Waals surface area contributed by atoms with Crippen molar-refractivity contribution >= 4 is 18.3 Å². The molecule has 4 heteroatoms. The Bertz CT molecular complexity index is 204. The Kier molecular flexibility index (Phi) is 4.20. The maximum Gasteiger partial charge on any atom is 0.227 e. The van der Waals surface area contributed by atoms with Crippen LogP contribution >= 0.6 is 12.4 Å². The molecule has 14 heavy (non-hydrogen) atoms. The molecular formula is C10H19ClN2O. The third-order valence-corrected chi connectivity index (χ3v) is 3.25. The number of amides is 1. The van der Waals surface area contributed by atoms with Crippen LogP contribution < -0.4 is 5.32 Å². The van der Waals surface area contributed by atoms with Crippen LogP contribution in [0, 0.1) is 5.92 Å². The first-order valence-corrected chi connectivity index (χ1v) is 5.30. The maximum atomic E-state index is 11.9. The van der Waals surface area contributed by atoms with Crippen LogP contribution in [0.2, 0.25) is 0 Å². The van der Waals surface area contributed by atoms with Crippen LogP contribution in [0.25, 0.3) is 0 Å². The van der Waals surface area contributed by atoms with E-state index in [0.29, 0.717) is 11.9 Å². The van der Waals surface area contributed by atoms with E-state index in [1.165, 1.54) is 12.8 Å². The summed E-state index contributed by atoms with van der Waals surface area (Å²) in [4.78, 5) is 14.0. The molecule has 0 bridgehead atoms. The molecule has 0 aromatic carbocycles. The van der Waals surface area contributed by atoms with Crippen molar-refractivity contribution in [1.82, 2.24) is 10.2 Å². The largest absolute Gasteiger partial charge is 0.340 e. The van der Waals surface area contributed by atoms with Gasteiger partial charge in [0.15, 0.2) is 0 Å². The lowest BCUT2D eigenvalue weighted by Crippen LogP contribution is -2.38. The van der Waals surface area contributed by atoms with Crippen molar-refractivity contribution in [2.45, 2.75) is 32.2 Å². The molecule has 3 nitrogen and oxygen atoms in total. The fourth-order valence-electron chi connectivity index (χ4n) is 2.36. The lowest BCUT2D eigenvalue weighted by molar-refractivity contribution is -0.135. The topological polar surface area (TPSA) is 32.3 Å². The molecule has 2 fully saturated rings. The number of nitrogens with zero attached hydrogens (tertiary/aromatic N) is 1. The van der Waals surface area contributed by atoms with Gasteiger partial charge in [0.25, 0.3) is 0 Å². The van der Waals surface area contributed by atoms with Crippen LogP contribution in [-0.4, -0.2) is 36.5 Å². The minimum Gasteiger partial charge on any atom is -0.340 e. The molecule has 0 aliphatic carbocycles. The summed E-state index contributed by atoms with van der Waals surface area (Å²) in [6, 6.07) is 0.480. The fraction of sp³-hybridized carbons (Fsp3) is 0.900. The zero-order chi connectivity index (χ0) is 9.26. The van der Waals surface area contributed by atoms with E-state index in [2.05, 4.69) is 17.1 Å². The molecule has 0 aromatic rings. The highest BCUT2D eigenvalue weighted by Gasteiger charge is 2.31. The molecule has 0 saturated carbocycles. The Morgan fingerprint density at radius 1 is 1.43 bits per heavy atom. The molecule has 2 aliphatic rings.